The van der Waals surface area contributed by atoms with Crippen LogP contribution in [0.1, 0.15) is 11.1 Å². The van der Waals surface area contributed by atoms with Gasteiger partial charge in [-0.2, -0.15) is 0 Å². The van der Waals surface area contributed by atoms with Crippen LogP contribution in [0.4, 0.5) is 0 Å². The molecule has 0 aliphatic carbocycles. The molecule has 6 nitrogen and oxygen atoms in total. The summed E-state index contributed by atoms with van der Waals surface area (Å²) >= 11 is 0. The zero-order valence-electron chi connectivity index (χ0n) is 16.0. The molecule has 1 N–H and O–H groups in total. The molecule has 0 spiro atoms. The van der Waals surface area contributed by atoms with Crippen molar-refractivity contribution in [2.45, 2.75) is 19.9 Å². The molecule has 2 aromatic carbocycles. The standard InChI is InChI=1S/C22H23N3O3/c1-16-3-5-17(6-4-16)13-21(26)23-11-12-25-15-24-20(14-22(25)27)18-7-9-19(28-2)10-8-18/h3-10,14-15H,11-13H2,1-2H3,(H,23,26). The molecule has 6 heteroatoms. The molecule has 0 radical (unpaired) electrons. The number of aryl methyl sites for hydroxylation is 1. The Balaban J connectivity index is 1.55. The second-order valence-corrected chi connectivity index (χ2v) is 6.55. The van der Waals surface area contributed by atoms with Gasteiger partial charge in [0.05, 0.1) is 25.6 Å². The fraction of sp³-hybridized carbons (Fsp3) is 0.227. The van der Waals surface area contributed by atoms with E-state index in [1.807, 2.05) is 55.5 Å². The number of hydrogen-bond acceptors (Lipinski definition) is 4. The maximum absolute atomic E-state index is 12.3. The minimum atomic E-state index is -0.159. The van der Waals surface area contributed by atoms with Gasteiger partial charge in [-0.3, -0.25) is 14.2 Å². The summed E-state index contributed by atoms with van der Waals surface area (Å²) in [6, 6.07) is 16.7. The van der Waals surface area contributed by atoms with Crippen molar-refractivity contribution in [1.82, 2.24) is 14.9 Å². The van der Waals surface area contributed by atoms with Crippen molar-refractivity contribution in [3.05, 3.63) is 82.4 Å². The number of methoxy groups -OCH3 is 1. The summed E-state index contributed by atoms with van der Waals surface area (Å²) in [6.07, 6.45) is 1.83. The van der Waals surface area contributed by atoms with E-state index in [4.69, 9.17) is 4.74 Å². The number of nitrogens with one attached hydrogen (secondary N) is 1. The average Bonchev–Trinajstić information content (AvgIpc) is 2.71. The van der Waals surface area contributed by atoms with Gasteiger partial charge in [-0.15, -0.1) is 0 Å². The van der Waals surface area contributed by atoms with E-state index in [9.17, 15) is 9.59 Å². The third-order valence-electron chi connectivity index (χ3n) is 4.43. The van der Waals surface area contributed by atoms with Crippen molar-refractivity contribution in [3.63, 3.8) is 0 Å². The molecule has 0 bridgehead atoms. The van der Waals surface area contributed by atoms with Crippen molar-refractivity contribution in [3.8, 4) is 17.0 Å². The lowest BCUT2D eigenvalue weighted by Crippen LogP contribution is -2.31. The summed E-state index contributed by atoms with van der Waals surface area (Å²) in [5.74, 6) is 0.679. The SMILES string of the molecule is COc1ccc(-c2cc(=O)n(CCNC(=O)Cc3ccc(C)cc3)cn2)cc1. The molecule has 1 heterocycles. The lowest BCUT2D eigenvalue weighted by Gasteiger charge is -2.09. The largest absolute Gasteiger partial charge is 0.497 e. The van der Waals surface area contributed by atoms with Crippen LogP contribution in [0.5, 0.6) is 5.75 Å². The first kappa shape index (κ1) is 19.4. The monoisotopic (exact) mass is 377 g/mol. The van der Waals surface area contributed by atoms with Gasteiger partial charge in [0, 0.05) is 24.7 Å². The third kappa shape index (κ3) is 5.07. The van der Waals surface area contributed by atoms with Gasteiger partial charge in [0.15, 0.2) is 0 Å². The summed E-state index contributed by atoms with van der Waals surface area (Å²) in [4.78, 5) is 28.7. The van der Waals surface area contributed by atoms with Crippen LogP contribution in [0.15, 0.2) is 65.7 Å². The fourth-order valence-electron chi connectivity index (χ4n) is 2.78. The van der Waals surface area contributed by atoms with Gasteiger partial charge < -0.3 is 10.1 Å². The average molecular weight is 377 g/mol. The first-order valence-corrected chi connectivity index (χ1v) is 9.08. The van der Waals surface area contributed by atoms with Gasteiger partial charge in [-0.25, -0.2) is 4.98 Å². The van der Waals surface area contributed by atoms with E-state index in [-0.39, 0.29) is 11.5 Å². The van der Waals surface area contributed by atoms with E-state index in [0.29, 0.717) is 25.2 Å². The van der Waals surface area contributed by atoms with E-state index in [1.54, 1.807) is 7.11 Å². The van der Waals surface area contributed by atoms with Gasteiger partial charge in [0.1, 0.15) is 5.75 Å². The van der Waals surface area contributed by atoms with Crippen LogP contribution in [0.2, 0.25) is 0 Å². The summed E-state index contributed by atoms with van der Waals surface area (Å²) in [5, 5.41) is 2.84. The normalized spacial score (nSPS) is 10.5. The van der Waals surface area contributed by atoms with Gasteiger partial charge in [-0.05, 0) is 36.8 Å². The Bertz CT molecular complexity index is 993. The van der Waals surface area contributed by atoms with E-state index in [1.165, 1.54) is 17.0 Å². The van der Waals surface area contributed by atoms with Crippen LogP contribution in [-0.2, 0) is 17.8 Å². The molecule has 3 aromatic rings. The highest BCUT2D eigenvalue weighted by Gasteiger charge is 2.06. The second kappa shape index (κ2) is 8.99. The topological polar surface area (TPSA) is 73.2 Å². The molecule has 0 atom stereocenters. The number of hydrogen-bond donors (Lipinski definition) is 1. The van der Waals surface area contributed by atoms with Gasteiger partial charge in [0.2, 0.25) is 5.91 Å². The van der Waals surface area contributed by atoms with Crippen LogP contribution >= 0.6 is 0 Å². The van der Waals surface area contributed by atoms with E-state index in [2.05, 4.69) is 10.3 Å². The van der Waals surface area contributed by atoms with Gasteiger partial charge in [-0.1, -0.05) is 29.8 Å². The molecule has 0 aliphatic rings. The summed E-state index contributed by atoms with van der Waals surface area (Å²) in [5.41, 5.74) is 3.41. The van der Waals surface area contributed by atoms with Crippen molar-refractivity contribution >= 4 is 5.91 Å². The van der Waals surface area contributed by atoms with Crippen molar-refractivity contribution < 1.29 is 9.53 Å². The minimum Gasteiger partial charge on any atom is -0.497 e. The predicted molar refractivity (Wildman–Crippen MR) is 108 cm³/mol. The summed E-state index contributed by atoms with van der Waals surface area (Å²) < 4.78 is 6.62. The number of carbonyl (C=O) groups excluding carboxylic acids is 1. The van der Waals surface area contributed by atoms with Crippen molar-refractivity contribution in [1.29, 1.82) is 0 Å². The quantitative estimate of drug-likeness (QED) is 0.687. The molecule has 0 fully saturated rings. The third-order valence-corrected chi connectivity index (χ3v) is 4.43. The highest BCUT2D eigenvalue weighted by molar-refractivity contribution is 5.78. The van der Waals surface area contributed by atoms with Crippen LogP contribution < -0.4 is 15.6 Å². The molecule has 1 aromatic heterocycles. The summed E-state index contributed by atoms with van der Waals surface area (Å²) in [6.45, 7) is 2.75. The highest BCUT2D eigenvalue weighted by atomic mass is 16.5. The first-order valence-electron chi connectivity index (χ1n) is 9.08. The zero-order chi connectivity index (χ0) is 19.9. The highest BCUT2D eigenvalue weighted by Crippen LogP contribution is 2.19. The molecule has 28 heavy (non-hydrogen) atoms. The predicted octanol–water partition coefficient (Wildman–Crippen LogP) is 2.59. The molecular weight excluding hydrogens is 354 g/mol. The van der Waals surface area contributed by atoms with E-state index >= 15 is 0 Å². The minimum absolute atomic E-state index is 0.0697. The first-order chi connectivity index (χ1) is 13.5. The van der Waals surface area contributed by atoms with Gasteiger partial charge >= 0.3 is 0 Å². The number of nitrogens with zero attached hydrogens (tertiary/aromatic N) is 2. The zero-order valence-corrected chi connectivity index (χ0v) is 16.0. The molecule has 0 saturated carbocycles. The second-order valence-electron chi connectivity index (χ2n) is 6.55. The maximum Gasteiger partial charge on any atom is 0.253 e. The maximum atomic E-state index is 12.3. The van der Waals surface area contributed by atoms with E-state index in [0.717, 1.165) is 22.4 Å². The molecule has 3 rings (SSSR count). The number of benzene rings is 2. The van der Waals surface area contributed by atoms with Crippen LogP contribution in [0.3, 0.4) is 0 Å². The van der Waals surface area contributed by atoms with Gasteiger partial charge in [0.25, 0.3) is 5.56 Å². The molecule has 0 aliphatic heterocycles. The number of amides is 1. The van der Waals surface area contributed by atoms with Crippen molar-refractivity contribution in [2.75, 3.05) is 13.7 Å². The van der Waals surface area contributed by atoms with Crippen LogP contribution in [0.25, 0.3) is 11.3 Å². The Morgan fingerprint density at radius 2 is 1.82 bits per heavy atom. The smallest absolute Gasteiger partial charge is 0.253 e. The Morgan fingerprint density at radius 1 is 1.11 bits per heavy atom. The number of aromatic nitrogens is 2. The molecule has 0 saturated heterocycles. The molecular formula is C22H23N3O3. The van der Waals surface area contributed by atoms with Crippen LogP contribution in [0, 0.1) is 6.92 Å². The molecule has 1 amide bonds. The Hall–Kier alpha value is -3.41. The Labute approximate surface area is 163 Å². The lowest BCUT2D eigenvalue weighted by molar-refractivity contribution is -0.120. The molecule has 0 unspecified atom stereocenters. The lowest BCUT2D eigenvalue weighted by atomic mass is 10.1. The Kier molecular flexibility index (Phi) is 6.22. The van der Waals surface area contributed by atoms with Crippen molar-refractivity contribution in [2.24, 2.45) is 0 Å². The van der Waals surface area contributed by atoms with E-state index < -0.39 is 0 Å². The molecule has 144 valence electrons. The Morgan fingerprint density at radius 3 is 2.46 bits per heavy atom. The number of rotatable bonds is 7. The summed E-state index contributed by atoms with van der Waals surface area (Å²) in [7, 11) is 1.61. The fourth-order valence-corrected chi connectivity index (χ4v) is 2.78. The number of carbonyl (C=O) groups is 1. The van der Waals surface area contributed by atoms with Crippen LogP contribution in [-0.4, -0.2) is 29.1 Å². The number of ether oxygens (including phenoxy) is 1.